The van der Waals surface area contributed by atoms with Gasteiger partial charge in [0.15, 0.2) is 0 Å². The molecule has 18 heavy (non-hydrogen) atoms. The van der Waals surface area contributed by atoms with Crippen molar-refractivity contribution in [3.8, 4) is 0 Å². The zero-order chi connectivity index (χ0) is 13.3. The van der Waals surface area contributed by atoms with E-state index in [9.17, 15) is 13.2 Å². The maximum absolute atomic E-state index is 12.4. The summed E-state index contributed by atoms with van der Waals surface area (Å²) in [6, 6.07) is 7.21. The van der Waals surface area contributed by atoms with Gasteiger partial charge in [-0.05, 0) is 36.4 Å². The Labute approximate surface area is 103 Å². The maximum Gasteiger partial charge on any atom is 0.406 e. The molecule has 1 unspecified atom stereocenters. The first-order chi connectivity index (χ1) is 8.35. The van der Waals surface area contributed by atoms with Crippen LogP contribution < -0.4 is 5.73 Å². The summed E-state index contributed by atoms with van der Waals surface area (Å²) < 4.78 is 38.5. The van der Waals surface area contributed by atoms with E-state index in [2.05, 4.69) is 0 Å². The van der Waals surface area contributed by atoms with Gasteiger partial charge in [0.1, 0.15) is 6.54 Å². The molecular weight excluding hydrogens is 241 g/mol. The van der Waals surface area contributed by atoms with Crippen molar-refractivity contribution in [3.05, 3.63) is 36.0 Å². The van der Waals surface area contributed by atoms with Crippen LogP contribution in [0.2, 0.25) is 0 Å². The highest BCUT2D eigenvalue weighted by Gasteiger charge is 2.28. The van der Waals surface area contributed by atoms with Crippen molar-refractivity contribution in [1.29, 1.82) is 0 Å². The van der Waals surface area contributed by atoms with Crippen molar-refractivity contribution in [2.45, 2.75) is 32.1 Å². The SMILES string of the molecule is CC(N)Cc1ccc2ccn(CC(F)(F)F)c2c1. The Balaban J connectivity index is 2.37. The number of nitrogens with two attached hydrogens (primary N) is 1. The number of fused-ring (bicyclic) bond motifs is 1. The van der Waals surface area contributed by atoms with Gasteiger partial charge in [-0.15, -0.1) is 0 Å². The fourth-order valence-corrected chi connectivity index (χ4v) is 2.06. The number of aromatic nitrogens is 1. The second kappa shape index (κ2) is 4.65. The van der Waals surface area contributed by atoms with Crippen LogP contribution in [0.25, 0.3) is 10.9 Å². The second-order valence-corrected chi connectivity index (χ2v) is 4.63. The number of rotatable bonds is 3. The lowest BCUT2D eigenvalue weighted by Crippen LogP contribution is -2.18. The third-order valence-electron chi connectivity index (χ3n) is 2.75. The maximum atomic E-state index is 12.4. The van der Waals surface area contributed by atoms with Crippen molar-refractivity contribution < 1.29 is 13.2 Å². The van der Waals surface area contributed by atoms with Gasteiger partial charge in [0.05, 0.1) is 0 Å². The van der Waals surface area contributed by atoms with Gasteiger partial charge in [0.25, 0.3) is 0 Å². The number of hydrogen-bond acceptors (Lipinski definition) is 1. The lowest BCUT2D eigenvalue weighted by atomic mass is 10.1. The van der Waals surface area contributed by atoms with Crippen molar-refractivity contribution >= 4 is 10.9 Å². The van der Waals surface area contributed by atoms with Gasteiger partial charge < -0.3 is 10.3 Å². The Morgan fingerprint density at radius 1 is 1.28 bits per heavy atom. The van der Waals surface area contributed by atoms with Crippen molar-refractivity contribution in [2.24, 2.45) is 5.73 Å². The Bertz CT molecular complexity index is 541. The molecule has 2 rings (SSSR count). The van der Waals surface area contributed by atoms with Crippen LogP contribution in [0.3, 0.4) is 0 Å². The summed E-state index contributed by atoms with van der Waals surface area (Å²) in [5, 5.41) is 0.813. The number of nitrogens with zero attached hydrogens (tertiary/aromatic N) is 1. The normalized spacial score (nSPS) is 14.1. The standard InChI is InChI=1S/C13H15F3N2/c1-9(17)6-10-2-3-11-4-5-18(12(11)7-10)8-13(14,15)16/h2-5,7,9H,6,8,17H2,1H3. The lowest BCUT2D eigenvalue weighted by Gasteiger charge is -2.10. The van der Waals surface area contributed by atoms with E-state index in [1.54, 1.807) is 12.1 Å². The van der Waals surface area contributed by atoms with Gasteiger partial charge in [-0.1, -0.05) is 12.1 Å². The average molecular weight is 256 g/mol. The molecule has 1 atom stereocenters. The molecule has 1 heterocycles. The molecule has 0 fully saturated rings. The largest absolute Gasteiger partial charge is 0.406 e. The Kier molecular flexibility index (Phi) is 3.34. The van der Waals surface area contributed by atoms with Gasteiger partial charge in [0.2, 0.25) is 0 Å². The summed E-state index contributed by atoms with van der Waals surface area (Å²) in [6.07, 6.45) is -2.08. The molecule has 0 spiro atoms. The van der Waals surface area contributed by atoms with Crippen LogP contribution in [-0.4, -0.2) is 16.8 Å². The number of alkyl halides is 3. The van der Waals surface area contributed by atoms with Crippen LogP contribution in [0.15, 0.2) is 30.5 Å². The first-order valence-corrected chi connectivity index (χ1v) is 5.75. The van der Waals surface area contributed by atoms with Gasteiger partial charge in [-0.3, -0.25) is 0 Å². The molecule has 0 radical (unpaired) electrons. The molecule has 0 amide bonds. The Morgan fingerprint density at radius 3 is 2.61 bits per heavy atom. The summed E-state index contributed by atoms with van der Waals surface area (Å²) >= 11 is 0. The van der Waals surface area contributed by atoms with Crippen LogP contribution in [0.5, 0.6) is 0 Å². The second-order valence-electron chi connectivity index (χ2n) is 4.63. The van der Waals surface area contributed by atoms with E-state index in [-0.39, 0.29) is 6.04 Å². The number of benzene rings is 1. The molecule has 0 aliphatic heterocycles. The van der Waals surface area contributed by atoms with Crippen molar-refractivity contribution in [3.63, 3.8) is 0 Å². The quantitative estimate of drug-likeness (QED) is 0.898. The molecule has 0 aliphatic carbocycles. The van der Waals surface area contributed by atoms with Gasteiger partial charge in [0, 0.05) is 17.8 Å². The fraction of sp³-hybridized carbons (Fsp3) is 0.385. The van der Waals surface area contributed by atoms with Gasteiger partial charge in [-0.25, -0.2) is 0 Å². The molecule has 0 saturated heterocycles. The first-order valence-electron chi connectivity index (χ1n) is 5.75. The molecule has 1 aromatic heterocycles. The molecule has 0 saturated carbocycles. The Hall–Kier alpha value is -1.49. The summed E-state index contributed by atoms with van der Waals surface area (Å²) in [6.45, 7) is 0.914. The first kappa shape index (κ1) is 13.0. The molecule has 2 N–H and O–H groups in total. The topological polar surface area (TPSA) is 30.9 Å². The minimum Gasteiger partial charge on any atom is -0.338 e. The van der Waals surface area contributed by atoms with Crippen molar-refractivity contribution in [1.82, 2.24) is 4.57 Å². The average Bonchev–Trinajstić information content (AvgIpc) is 2.58. The van der Waals surface area contributed by atoms with E-state index in [1.165, 1.54) is 10.8 Å². The smallest absolute Gasteiger partial charge is 0.338 e. The molecule has 0 aliphatic rings. The highest BCUT2D eigenvalue weighted by Crippen LogP contribution is 2.23. The van der Waals surface area contributed by atoms with Crippen LogP contribution in [0.1, 0.15) is 12.5 Å². The van der Waals surface area contributed by atoms with E-state index in [0.717, 1.165) is 10.9 Å². The summed E-state index contributed by atoms with van der Waals surface area (Å²) in [5.41, 5.74) is 7.26. The van der Waals surface area contributed by atoms with Crippen LogP contribution in [0.4, 0.5) is 13.2 Å². The van der Waals surface area contributed by atoms with Gasteiger partial charge >= 0.3 is 6.18 Å². The third-order valence-corrected chi connectivity index (χ3v) is 2.75. The Morgan fingerprint density at radius 2 is 2.00 bits per heavy atom. The van der Waals surface area contributed by atoms with E-state index in [4.69, 9.17) is 5.73 Å². The number of halogens is 3. The molecule has 98 valence electrons. The zero-order valence-electron chi connectivity index (χ0n) is 10.0. The summed E-state index contributed by atoms with van der Waals surface area (Å²) in [7, 11) is 0. The molecular formula is C13H15F3N2. The zero-order valence-corrected chi connectivity index (χ0v) is 10.0. The summed E-state index contributed by atoms with van der Waals surface area (Å²) in [5.74, 6) is 0. The predicted octanol–water partition coefficient (Wildman–Crippen LogP) is 3.09. The summed E-state index contributed by atoms with van der Waals surface area (Å²) in [4.78, 5) is 0. The molecule has 2 aromatic rings. The van der Waals surface area contributed by atoms with Crippen LogP contribution in [0, 0.1) is 0 Å². The van der Waals surface area contributed by atoms with Gasteiger partial charge in [-0.2, -0.15) is 13.2 Å². The van der Waals surface area contributed by atoms with Crippen molar-refractivity contribution in [2.75, 3.05) is 0 Å². The minimum absolute atomic E-state index is 0.00604. The monoisotopic (exact) mass is 256 g/mol. The van der Waals surface area contributed by atoms with E-state index in [1.807, 2.05) is 19.1 Å². The molecule has 2 nitrogen and oxygen atoms in total. The van der Waals surface area contributed by atoms with E-state index >= 15 is 0 Å². The predicted molar refractivity (Wildman–Crippen MR) is 65.3 cm³/mol. The highest BCUT2D eigenvalue weighted by molar-refractivity contribution is 5.80. The lowest BCUT2D eigenvalue weighted by molar-refractivity contribution is -0.139. The van der Waals surface area contributed by atoms with E-state index < -0.39 is 12.7 Å². The number of hydrogen-bond donors (Lipinski definition) is 1. The fourth-order valence-electron chi connectivity index (χ4n) is 2.06. The minimum atomic E-state index is -4.21. The highest BCUT2D eigenvalue weighted by atomic mass is 19.4. The van der Waals surface area contributed by atoms with E-state index in [0.29, 0.717) is 11.9 Å². The molecule has 1 aromatic carbocycles. The van der Waals surface area contributed by atoms with Crippen LogP contribution in [-0.2, 0) is 13.0 Å². The van der Waals surface area contributed by atoms with Crippen LogP contribution >= 0.6 is 0 Å². The molecule has 0 bridgehead atoms. The molecule has 5 heteroatoms. The third kappa shape index (κ3) is 3.04.